The van der Waals surface area contributed by atoms with Gasteiger partial charge in [-0.15, -0.1) is 0 Å². The zero-order valence-corrected chi connectivity index (χ0v) is 23.6. The molecule has 10 heteroatoms. The Hall–Kier alpha value is -3.73. The molecule has 1 aliphatic heterocycles. The summed E-state index contributed by atoms with van der Waals surface area (Å²) in [5, 5.41) is 33.6. The topological polar surface area (TPSA) is 146 Å². The first-order valence-corrected chi connectivity index (χ1v) is 13.8. The molecule has 0 saturated carbocycles. The zero-order chi connectivity index (χ0) is 29.7. The molecule has 0 saturated heterocycles. The molecule has 0 unspecified atom stereocenters. The number of methoxy groups -OCH3 is 1. The van der Waals surface area contributed by atoms with E-state index in [1.54, 1.807) is 18.2 Å². The van der Waals surface area contributed by atoms with Gasteiger partial charge in [-0.05, 0) is 49.6 Å². The van der Waals surface area contributed by atoms with E-state index >= 15 is 0 Å². The van der Waals surface area contributed by atoms with Gasteiger partial charge in [0.15, 0.2) is 11.5 Å². The lowest BCUT2D eigenvalue weighted by Gasteiger charge is -2.41. The van der Waals surface area contributed by atoms with Gasteiger partial charge in [-0.2, -0.15) is 0 Å². The molecule has 4 rings (SSSR count). The van der Waals surface area contributed by atoms with E-state index in [4.69, 9.17) is 9.47 Å². The van der Waals surface area contributed by atoms with Gasteiger partial charge < -0.3 is 39.8 Å². The standard InChI is InChI=1S/C31H38N2O8/c1-18-7-9-20(10-8-18)16-33(26(37)6-4-5-19(2)36)24-15-23(31(39)32-11-12-34)27-22-13-21(17-35)14-25(40-3)29(22)41-30(27)28(24)38/h7-10,13-15,24,27-28,30,34-35,38H,4-6,11-12,16-17H2,1-3H3,(H,32,39)/t24-,27+,28+,30+/m1/s1. The molecule has 0 radical (unpaired) electrons. The van der Waals surface area contributed by atoms with Crippen LogP contribution in [0.3, 0.4) is 0 Å². The maximum atomic E-state index is 13.6. The highest BCUT2D eigenvalue weighted by Crippen LogP contribution is 2.51. The summed E-state index contributed by atoms with van der Waals surface area (Å²) in [4.78, 5) is 40.2. The van der Waals surface area contributed by atoms with Gasteiger partial charge in [0, 0.05) is 37.1 Å². The number of nitrogens with one attached hydrogen (secondary N) is 1. The highest BCUT2D eigenvalue weighted by molar-refractivity contribution is 5.96. The van der Waals surface area contributed by atoms with E-state index in [1.165, 1.54) is 18.9 Å². The van der Waals surface area contributed by atoms with E-state index in [0.29, 0.717) is 29.0 Å². The van der Waals surface area contributed by atoms with Crippen LogP contribution in [0, 0.1) is 6.92 Å². The predicted octanol–water partition coefficient (Wildman–Crippen LogP) is 1.91. The number of ketones is 1. The molecule has 2 aromatic rings. The van der Waals surface area contributed by atoms with Crippen LogP contribution >= 0.6 is 0 Å². The van der Waals surface area contributed by atoms with Crippen molar-refractivity contribution >= 4 is 17.6 Å². The summed E-state index contributed by atoms with van der Waals surface area (Å²) in [7, 11) is 1.47. The lowest BCUT2D eigenvalue weighted by Crippen LogP contribution is -2.55. The molecule has 0 aromatic heterocycles. The first-order chi connectivity index (χ1) is 19.7. The van der Waals surface area contributed by atoms with Gasteiger partial charge in [0.25, 0.3) is 0 Å². The first kappa shape index (κ1) is 30.2. The Balaban J connectivity index is 1.78. The summed E-state index contributed by atoms with van der Waals surface area (Å²) in [5.41, 5.74) is 3.32. The smallest absolute Gasteiger partial charge is 0.247 e. The number of ether oxygens (including phenoxy) is 2. The van der Waals surface area contributed by atoms with Crippen LogP contribution in [0.25, 0.3) is 0 Å². The summed E-state index contributed by atoms with van der Waals surface area (Å²) < 4.78 is 11.8. The molecular formula is C31H38N2O8. The molecular weight excluding hydrogens is 528 g/mol. The number of Topliss-reactive ketones (excluding diaryl/α,β-unsaturated/α-hetero) is 1. The molecule has 220 valence electrons. The largest absolute Gasteiger partial charge is 0.493 e. The minimum absolute atomic E-state index is 0.0144. The second kappa shape index (κ2) is 13.3. The third-order valence-electron chi connectivity index (χ3n) is 7.57. The van der Waals surface area contributed by atoms with Gasteiger partial charge in [-0.3, -0.25) is 9.59 Å². The summed E-state index contributed by atoms with van der Waals surface area (Å²) >= 11 is 0. The number of aryl methyl sites for hydroxylation is 1. The van der Waals surface area contributed by atoms with Gasteiger partial charge in [0.05, 0.1) is 32.3 Å². The first-order valence-electron chi connectivity index (χ1n) is 13.8. The molecule has 4 N–H and O–H groups in total. The third kappa shape index (κ3) is 6.61. The van der Waals surface area contributed by atoms with Crippen molar-refractivity contribution in [2.75, 3.05) is 20.3 Å². The summed E-state index contributed by atoms with van der Waals surface area (Å²) in [6, 6.07) is 10.1. The maximum absolute atomic E-state index is 13.6. The van der Waals surface area contributed by atoms with Crippen LogP contribution in [0.1, 0.15) is 54.4 Å². The van der Waals surface area contributed by atoms with Crippen LogP contribution in [-0.4, -0.2) is 76.3 Å². The molecule has 0 bridgehead atoms. The van der Waals surface area contributed by atoms with E-state index in [-0.39, 0.29) is 56.4 Å². The van der Waals surface area contributed by atoms with Gasteiger partial charge >= 0.3 is 0 Å². The molecule has 41 heavy (non-hydrogen) atoms. The molecule has 0 spiro atoms. The summed E-state index contributed by atoms with van der Waals surface area (Å²) in [5.74, 6) is -0.731. The predicted molar refractivity (Wildman–Crippen MR) is 150 cm³/mol. The Labute approximate surface area is 239 Å². The van der Waals surface area contributed by atoms with Crippen LogP contribution in [0.4, 0.5) is 0 Å². The Morgan fingerprint density at radius 1 is 1.07 bits per heavy atom. The highest BCUT2D eigenvalue weighted by Gasteiger charge is 2.51. The number of benzene rings is 2. The fraction of sp³-hybridized carbons (Fsp3) is 0.452. The molecule has 2 aromatic carbocycles. The Morgan fingerprint density at radius 3 is 2.44 bits per heavy atom. The molecule has 0 fully saturated rings. The Morgan fingerprint density at radius 2 is 1.80 bits per heavy atom. The minimum Gasteiger partial charge on any atom is -0.493 e. The van der Waals surface area contributed by atoms with Crippen LogP contribution in [0.15, 0.2) is 48.0 Å². The van der Waals surface area contributed by atoms with E-state index < -0.39 is 30.1 Å². The molecule has 1 aliphatic carbocycles. The van der Waals surface area contributed by atoms with Crippen molar-refractivity contribution in [2.45, 2.75) is 70.4 Å². The van der Waals surface area contributed by atoms with Gasteiger partial charge in [-0.25, -0.2) is 0 Å². The average Bonchev–Trinajstić information content (AvgIpc) is 3.35. The monoisotopic (exact) mass is 566 g/mol. The number of carbonyl (C=O) groups is 3. The fourth-order valence-electron chi connectivity index (χ4n) is 5.50. The van der Waals surface area contributed by atoms with E-state index in [1.807, 2.05) is 31.2 Å². The van der Waals surface area contributed by atoms with Gasteiger partial charge in [-0.1, -0.05) is 29.8 Å². The SMILES string of the molecule is COc1cc(CO)cc2c1O[C@@H]1[C@@H](O)[C@H](N(Cc3ccc(C)cc3)C(=O)CCCC(C)=O)C=C(C(=O)NCCO)[C@H]21. The van der Waals surface area contributed by atoms with Gasteiger partial charge in [0.1, 0.15) is 18.0 Å². The number of hydrogen-bond acceptors (Lipinski definition) is 8. The van der Waals surface area contributed by atoms with E-state index in [9.17, 15) is 29.7 Å². The number of rotatable bonds is 12. The number of carbonyl (C=O) groups excluding carboxylic acids is 3. The van der Waals surface area contributed by atoms with E-state index in [2.05, 4.69) is 5.32 Å². The lowest BCUT2D eigenvalue weighted by molar-refractivity contribution is -0.138. The van der Waals surface area contributed by atoms with Crippen LogP contribution in [0.5, 0.6) is 11.5 Å². The Kier molecular flexibility index (Phi) is 9.80. The zero-order valence-electron chi connectivity index (χ0n) is 23.6. The van der Waals surface area contributed by atoms with Crippen LogP contribution < -0.4 is 14.8 Å². The summed E-state index contributed by atoms with van der Waals surface area (Å²) in [6.07, 6.45) is 0.181. The van der Waals surface area contributed by atoms with Crippen molar-refractivity contribution in [3.8, 4) is 11.5 Å². The van der Waals surface area contributed by atoms with Gasteiger partial charge in [0.2, 0.25) is 11.8 Å². The number of nitrogens with zero attached hydrogens (tertiary/aromatic N) is 1. The molecule has 1 heterocycles. The fourth-order valence-corrected chi connectivity index (χ4v) is 5.50. The lowest BCUT2D eigenvalue weighted by atomic mass is 9.77. The second-order valence-electron chi connectivity index (χ2n) is 10.6. The molecule has 2 amide bonds. The Bertz CT molecular complexity index is 1310. The van der Waals surface area contributed by atoms with Crippen molar-refractivity contribution in [2.24, 2.45) is 0 Å². The number of aliphatic hydroxyl groups excluding tert-OH is 3. The maximum Gasteiger partial charge on any atom is 0.247 e. The molecule has 10 nitrogen and oxygen atoms in total. The van der Waals surface area contributed by atoms with Crippen LogP contribution in [0.2, 0.25) is 0 Å². The van der Waals surface area contributed by atoms with Crippen molar-refractivity contribution in [3.05, 3.63) is 70.3 Å². The van der Waals surface area contributed by atoms with Crippen molar-refractivity contribution in [1.82, 2.24) is 10.2 Å². The van der Waals surface area contributed by atoms with Crippen LogP contribution in [-0.2, 0) is 27.5 Å². The van der Waals surface area contributed by atoms with Crippen molar-refractivity contribution in [1.29, 1.82) is 0 Å². The number of amides is 2. The number of fused-ring (bicyclic) bond motifs is 3. The normalized spacial score (nSPS) is 20.8. The second-order valence-corrected chi connectivity index (χ2v) is 10.6. The molecule has 4 atom stereocenters. The van der Waals surface area contributed by atoms with Crippen molar-refractivity contribution < 1.29 is 39.2 Å². The number of aliphatic hydroxyl groups is 3. The highest BCUT2D eigenvalue weighted by atomic mass is 16.5. The minimum atomic E-state index is -1.22. The quantitative estimate of drug-likeness (QED) is 0.305. The molecule has 2 aliphatic rings. The number of hydrogen-bond donors (Lipinski definition) is 4. The van der Waals surface area contributed by atoms with Crippen molar-refractivity contribution in [3.63, 3.8) is 0 Å². The third-order valence-corrected chi connectivity index (χ3v) is 7.57. The average molecular weight is 567 g/mol. The van der Waals surface area contributed by atoms with E-state index in [0.717, 1.165) is 11.1 Å². The summed E-state index contributed by atoms with van der Waals surface area (Å²) in [6.45, 7) is 3.11.